The normalized spacial score (nSPS) is 19.9. The number of benzene rings is 2. The van der Waals surface area contributed by atoms with Crippen molar-refractivity contribution in [3.63, 3.8) is 0 Å². The van der Waals surface area contributed by atoms with Crippen molar-refractivity contribution >= 4 is 5.97 Å². The number of carboxylic acid groups (broad SMARTS) is 1. The summed E-state index contributed by atoms with van der Waals surface area (Å²) in [5, 5.41) is 9.09. The molecule has 1 heterocycles. The third-order valence-electron chi connectivity index (χ3n) is 6.13. The summed E-state index contributed by atoms with van der Waals surface area (Å²) in [4.78, 5) is 12.6. The van der Waals surface area contributed by atoms with E-state index < -0.39 is 58.8 Å². The maximum atomic E-state index is 13.7. The summed E-state index contributed by atoms with van der Waals surface area (Å²) in [6.07, 6.45) is -13.5. The first kappa shape index (κ1) is 27.6. The average molecular weight is 525 g/mol. The Morgan fingerprint density at radius 3 is 1.97 bits per heavy atom. The Bertz CT molecular complexity index is 1130. The van der Waals surface area contributed by atoms with Gasteiger partial charge in [0.2, 0.25) is 0 Å². The van der Waals surface area contributed by atoms with Gasteiger partial charge in [-0.25, -0.2) is 4.79 Å². The number of piperidine rings is 1. The average Bonchev–Trinajstić information content (AvgIpc) is 2.76. The second-order valence-electron chi connectivity index (χ2n) is 8.44. The second kappa shape index (κ2) is 9.79. The molecule has 0 aliphatic carbocycles. The van der Waals surface area contributed by atoms with Crippen molar-refractivity contribution in [3.8, 4) is 0 Å². The Kier molecular flexibility index (Phi) is 7.50. The van der Waals surface area contributed by atoms with Crippen LogP contribution < -0.4 is 0 Å². The summed E-state index contributed by atoms with van der Waals surface area (Å²) >= 11 is 0. The summed E-state index contributed by atoms with van der Waals surface area (Å²) in [6, 6.07) is 2.87. The standard InChI is InChI=1S/C24H20F9NO2/c1-13(18-12-17(23(28,29)30)6-7-19(18)24(31,32)33)34-9-8-14(11-21(35)36)10-20(34)15-2-4-16(5-3-15)22(25,26)27/h2-7,11-13,20H,8-10H2,1H3,(H,35,36)/t13-,20+/m1/s1. The lowest BCUT2D eigenvalue weighted by molar-refractivity contribution is -0.142. The van der Waals surface area contributed by atoms with E-state index in [0.29, 0.717) is 23.8 Å². The monoisotopic (exact) mass is 525 g/mol. The van der Waals surface area contributed by atoms with Crippen molar-refractivity contribution in [2.24, 2.45) is 0 Å². The summed E-state index contributed by atoms with van der Waals surface area (Å²) in [5.74, 6) is -1.27. The molecule has 0 unspecified atom stereocenters. The van der Waals surface area contributed by atoms with Crippen LogP contribution in [0.4, 0.5) is 39.5 Å². The van der Waals surface area contributed by atoms with E-state index in [0.717, 1.165) is 30.3 Å². The number of carbonyl (C=O) groups is 1. The van der Waals surface area contributed by atoms with Crippen LogP contribution in [0.25, 0.3) is 0 Å². The molecule has 3 nitrogen and oxygen atoms in total. The number of hydrogen-bond donors (Lipinski definition) is 1. The minimum atomic E-state index is -4.96. The molecule has 2 aromatic rings. The summed E-state index contributed by atoms with van der Waals surface area (Å²) in [7, 11) is 0. The highest BCUT2D eigenvalue weighted by atomic mass is 19.4. The molecule has 36 heavy (non-hydrogen) atoms. The number of hydrogen-bond acceptors (Lipinski definition) is 2. The predicted octanol–water partition coefficient (Wildman–Crippen LogP) is 7.65. The van der Waals surface area contributed by atoms with Gasteiger partial charge in [0.15, 0.2) is 0 Å². The van der Waals surface area contributed by atoms with E-state index in [1.54, 1.807) is 0 Å². The molecule has 3 rings (SSSR count). The van der Waals surface area contributed by atoms with Crippen LogP contribution in [0.5, 0.6) is 0 Å². The molecule has 0 radical (unpaired) electrons. The van der Waals surface area contributed by atoms with Gasteiger partial charge in [-0.05, 0) is 61.2 Å². The van der Waals surface area contributed by atoms with Crippen LogP contribution >= 0.6 is 0 Å². The zero-order chi connectivity index (χ0) is 27.1. The molecule has 1 saturated heterocycles. The molecule has 0 aromatic heterocycles. The number of nitrogens with zero attached hydrogens (tertiary/aromatic N) is 1. The fraction of sp³-hybridized carbons (Fsp3) is 0.375. The highest BCUT2D eigenvalue weighted by Crippen LogP contribution is 2.45. The lowest BCUT2D eigenvalue weighted by Crippen LogP contribution is -2.37. The molecule has 0 bridgehead atoms. The van der Waals surface area contributed by atoms with E-state index in [2.05, 4.69) is 0 Å². The molecule has 1 fully saturated rings. The van der Waals surface area contributed by atoms with E-state index in [4.69, 9.17) is 5.11 Å². The molecule has 1 N–H and O–H groups in total. The maximum Gasteiger partial charge on any atom is 0.416 e. The molecule has 2 atom stereocenters. The van der Waals surface area contributed by atoms with E-state index in [-0.39, 0.29) is 24.9 Å². The minimum absolute atomic E-state index is 0.0283. The Morgan fingerprint density at radius 2 is 1.47 bits per heavy atom. The molecule has 2 aromatic carbocycles. The highest BCUT2D eigenvalue weighted by molar-refractivity contribution is 5.80. The Balaban J connectivity index is 2.10. The Hall–Kier alpha value is -3.02. The van der Waals surface area contributed by atoms with Crippen LogP contribution in [0.1, 0.15) is 59.7 Å². The third-order valence-corrected chi connectivity index (χ3v) is 6.13. The number of carboxylic acids is 1. The highest BCUT2D eigenvalue weighted by Gasteiger charge is 2.41. The zero-order valence-corrected chi connectivity index (χ0v) is 18.6. The van der Waals surface area contributed by atoms with E-state index >= 15 is 0 Å². The first-order valence-corrected chi connectivity index (χ1v) is 10.6. The summed E-state index contributed by atoms with van der Waals surface area (Å²) in [6.45, 7) is 1.26. The fourth-order valence-corrected chi connectivity index (χ4v) is 4.39. The molecule has 0 spiro atoms. The summed E-state index contributed by atoms with van der Waals surface area (Å²) in [5.41, 5.74) is -3.48. The first-order chi connectivity index (χ1) is 16.5. The van der Waals surface area contributed by atoms with Crippen LogP contribution in [0.2, 0.25) is 0 Å². The van der Waals surface area contributed by atoms with Crippen molar-refractivity contribution in [3.05, 3.63) is 81.9 Å². The van der Waals surface area contributed by atoms with Gasteiger partial charge in [-0.3, -0.25) is 4.90 Å². The van der Waals surface area contributed by atoms with Crippen LogP contribution in [-0.2, 0) is 23.3 Å². The molecule has 1 aliphatic heterocycles. The lowest BCUT2D eigenvalue weighted by atomic mass is 9.87. The Labute approximate surface area is 199 Å². The van der Waals surface area contributed by atoms with Gasteiger partial charge in [0.1, 0.15) is 0 Å². The number of likely N-dealkylation sites (tertiary alicyclic amines) is 1. The number of rotatable bonds is 4. The minimum Gasteiger partial charge on any atom is -0.478 e. The largest absolute Gasteiger partial charge is 0.478 e. The van der Waals surface area contributed by atoms with Crippen LogP contribution in [-0.4, -0.2) is 22.5 Å². The quantitative estimate of drug-likeness (QED) is 0.329. The first-order valence-electron chi connectivity index (χ1n) is 10.6. The van der Waals surface area contributed by atoms with Gasteiger partial charge in [-0.15, -0.1) is 0 Å². The summed E-state index contributed by atoms with van der Waals surface area (Å²) < 4.78 is 120. The van der Waals surface area contributed by atoms with Gasteiger partial charge < -0.3 is 5.11 Å². The van der Waals surface area contributed by atoms with Crippen molar-refractivity contribution in [2.75, 3.05) is 6.54 Å². The van der Waals surface area contributed by atoms with Crippen LogP contribution in [0.15, 0.2) is 54.1 Å². The number of aliphatic carboxylic acids is 1. The van der Waals surface area contributed by atoms with Gasteiger partial charge in [0, 0.05) is 24.7 Å². The molecule has 1 aliphatic rings. The predicted molar refractivity (Wildman–Crippen MR) is 111 cm³/mol. The second-order valence-corrected chi connectivity index (χ2v) is 8.44. The smallest absolute Gasteiger partial charge is 0.416 e. The van der Waals surface area contributed by atoms with Gasteiger partial charge >= 0.3 is 24.5 Å². The lowest BCUT2D eigenvalue weighted by Gasteiger charge is -2.42. The maximum absolute atomic E-state index is 13.7. The molecular weight excluding hydrogens is 505 g/mol. The Morgan fingerprint density at radius 1 is 0.917 bits per heavy atom. The van der Waals surface area contributed by atoms with Gasteiger partial charge in [-0.2, -0.15) is 39.5 Å². The fourth-order valence-electron chi connectivity index (χ4n) is 4.39. The topological polar surface area (TPSA) is 40.5 Å². The van der Waals surface area contributed by atoms with Gasteiger partial charge in [0.25, 0.3) is 0 Å². The molecule has 196 valence electrons. The van der Waals surface area contributed by atoms with Crippen molar-refractivity contribution < 1.29 is 49.4 Å². The van der Waals surface area contributed by atoms with Gasteiger partial charge in [0.05, 0.1) is 16.7 Å². The molecular formula is C24H20F9NO2. The van der Waals surface area contributed by atoms with Gasteiger partial charge in [-0.1, -0.05) is 17.7 Å². The SMILES string of the molecule is C[C@H](c1cc(C(F)(F)F)ccc1C(F)(F)F)N1CCC(=CC(=O)O)C[C@H]1c1ccc(C(F)(F)F)cc1. The number of halogens is 9. The number of alkyl halides is 9. The van der Waals surface area contributed by atoms with Crippen LogP contribution in [0.3, 0.4) is 0 Å². The third kappa shape index (κ3) is 6.21. The molecule has 12 heteroatoms. The van der Waals surface area contributed by atoms with Crippen molar-refractivity contribution in [1.29, 1.82) is 0 Å². The van der Waals surface area contributed by atoms with Crippen molar-refractivity contribution in [2.45, 2.75) is 50.4 Å². The van der Waals surface area contributed by atoms with Crippen molar-refractivity contribution in [1.82, 2.24) is 4.90 Å². The van der Waals surface area contributed by atoms with E-state index in [9.17, 15) is 44.3 Å². The van der Waals surface area contributed by atoms with E-state index in [1.165, 1.54) is 11.8 Å². The van der Waals surface area contributed by atoms with Crippen LogP contribution in [0, 0.1) is 0 Å². The molecule has 0 amide bonds. The molecule has 0 saturated carbocycles. The zero-order valence-electron chi connectivity index (χ0n) is 18.6. The van der Waals surface area contributed by atoms with E-state index in [1.807, 2.05) is 0 Å².